The minimum atomic E-state index is -0.182. The third-order valence-electron chi connectivity index (χ3n) is 3.47. The van der Waals surface area contributed by atoms with E-state index >= 15 is 0 Å². The number of nitrogens with zero attached hydrogens (tertiary/aromatic N) is 1. The van der Waals surface area contributed by atoms with Gasteiger partial charge in [-0.25, -0.2) is 4.39 Å². The van der Waals surface area contributed by atoms with Crippen LogP contribution in [0.4, 0.5) is 4.39 Å². The van der Waals surface area contributed by atoms with Gasteiger partial charge < -0.3 is 5.73 Å². The maximum absolute atomic E-state index is 13.2. The van der Waals surface area contributed by atoms with Crippen LogP contribution in [0.15, 0.2) is 24.3 Å². The molecule has 1 unspecified atom stereocenters. The highest BCUT2D eigenvalue weighted by molar-refractivity contribution is 5.19. The van der Waals surface area contributed by atoms with Crippen molar-refractivity contribution in [3.63, 3.8) is 0 Å². The van der Waals surface area contributed by atoms with Gasteiger partial charge in [0, 0.05) is 18.6 Å². The third-order valence-corrected chi connectivity index (χ3v) is 3.47. The molecule has 1 rings (SSSR count). The maximum atomic E-state index is 13.2. The minimum Gasteiger partial charge on any atom is -0.329 e. The van der Waals surface area contributed by atoms with E-state index in [1.54, 1.807) is 12.1 Å². The molecule has 0 aliphatic heterocycles. The Morgan fingerprint density at radius 1 is 1.39 bits per heavy atom. The first-order valence-corrected chi connectivity index (χ1v) is 6.53. The van der Waals surface area contributed by atoms with Crippen molar-refractivity contribution in [1.82, 2.24) is 4.90 Å². The quantitative estimate of drug-likeness (QED) is 0.843. The fraction of sp³-hybridized carbons (Fsp3) is 0.600. The van der Waals surface area contributed by atoms with Gasteiger partial charge in [-0.2, -0.15) is 0 Å². The van der Waals surface area contributed by atoms with Gasteiger partial charge in [0.25, 0.3) is 0 Å². The van der Waals surface area contributed by atoms with Crippen LogP contribution >= 0.6 is 0 Å². The van der Waals surface area contributed by atoms with E-state index in [4.69, 9.17) is 5.73 Å². The highest BCUT2D eigenvalue weighted by Crippen LogP contribution is 2.20. The first kappa shape index (κ1) is 15.1. The molecule has 0 radical (unpaired) electrons. The van der Waals surface area contributed by atoms with Gasteiger partial charge >= 0.3 is 0 Å². The van der Waals surface area contributed by atoms with Crippen LogP contribution < -0.4 is 5.73 Å². The molecule has 0 fully saturated rings. The molecule has 0 aliphatic rings. The molecule has 0 bridgehead atoms. The van der Waals surface area contributed by atoms with Crippen LogP contribution in [0.3, 0.4) is 0 Å². The standard InChI is InChI=1S/C15H25FN2/c1-12(2)10-18(4)15(3,11-17)9-13-6-5-7-14(16)8-13/h5-8,12H,9-11,17H2,1-4H3. The van der Waals surface area contributed by atoms with Crippen molar-refractivity contribution in [3.05, 3.63) is 35.6 Å². The predicted molar refractivity (Wildman–Crippen MR) is 75.0 cm³/mol. The maximum Gasteiger partial charge on any atom is 0.123 e. The normalized spacial score (nSPS) is 15.1. The van der Waals surface area contributed by atoms with Crippen molar-refractivity contribution in [2.75, 3.05) is 20.1 Å². The van der Waals surface area contributed by atoms with Gasteiger partial charge in [0.05, 0.1) is 0 Å². The summed E-state index contributed by atoms with van der Waals surface area (Å²) in [5.74, 6) is 0.409. The van der Waals surface area contributed by atoms with E-state index in [1.807, 2.05) is 6.07 Å². The number of hydrogen-bond acceptors (Lipinski definition) is 2. The molecule has 0 saturated heterocycles. The Morgan fingerprint density at radius 3 is 2.56 bits per heavy atom. The highest BCUT2D eigenvalue weighted by atomic mass is 19.1. The zero-order valence-electron chi connectivity index (χ0n) is 11.9. The van der Waals surface area contributed by atoms with E-state index in [1.165, 1.54) is 6.07 Å². The summed E-state index contributed by atoms with van der Waals surface area (Å²) >= 11 is 0. The van der Waals surface area contributed by atoms with Gasteiger partial charge in [0.2, 0.25) is 0 Å². The smallest absolute Gasteiger partial charge is 0.123 e. The summed E-state index contributed by atoms with van der Waals surface area (Å²) < 4.78 is 13.2. The van der Waals surface area contributed by atoms with Crippen molar-refractivity contribution < 1.29 is 4.39 Å². The number of rotatable bonds is 6. The number of nitrogens with two attached hydrogens (primary N) is 1. The van der Waals surface area contributed by atoms with E-state index in [0.29, 0.717) is 12.5 Å². The summed E-state index contributed by atoms with van der Waals surface area (Å²) in [4.78, 5) is 2.28. The molecule has 18 heavy (non-hydrogen) atoms. The Kier molecular flexibility index (Phi) is 5.29. The van der Waals surface area contributed by atoms with Crippen LogP contribution in [-0.4, -0.2) is 30.6 Å². The van der Waals surface area contributed by atoms with Crippen LogP contribution in [0.2, 0.25) is 0 Å². The highest BCUT2D eigenvalue weighted by Gasteiger charge is 2.28. The Labute approximate surface area is 110 Å². The summed E-state index contributed by atoms with van der Waals surface area (Å²) in [7, 11) is 2.09. The summed E-state index contributed by atoms with van der Waals surface area (Å²) in [6.45, 7) is 8.07. The molecule has 2 nitrogen and oxygen atoms in total. The van der Waals surface area contributed by atoms with Crippen LogP contribution in [0.1, 0.15) is 26.3 Å². The molecule has 2 N–H and O–H groups in total. The molecule has 0 aliphatic carbocycles. The van der Waals surface area contributed by atoms with E-state index in [-0.39, 0.29) is 11.4 Å². The summed E-state index contributed by atoms with van der Waals surface area (Å²) in [6, 6.07) is 6.78. The van der Waals surface area contributed by atoms with E-state index in [9.17, 15) is 4.39 Å². The van der Waals surface area contributed by atoms with Gasteiger partial charge in [-0.3, -0.25) is 4.90 Å². The lowest BCUT2D eigenvalue weighted by Crippen LogP contribution is -2.52. The van der Waals surface area contributed by atoms with Crippen molar-refractivity contribution in [2.45, 2.75) is 32.7 Å². The molecule has 1 aromatic carbocycles. The van der Waals surface area contributed by atoms with E-state index in [0.717, 1.165) is 18.5 Å². The van der Waals surface area contributed by atoms with Crippen molar-refractivity contribution >= 4 is 0 Å². The van der Waals surface area contributed by atoms with Crippen molar-refractivity contribution in [3.8, 4) is 0 Å². The van der Waals surface area contributed by atoms with E-state index < -0.39 is 0 Å². The van der Waals surface area contributed by atoms with Gasteiger partial charge in [-0.05, 0) is 44.0 Å². The molecular weight excluding hydrogens is 227 g/mol. The molecule has 0 saturated carbocycles. The van der Waals surface area contributed by atoms with Gasteiger partial charge in [0.1, 0.15) is 5.82 Å². The first-order chi connectivity index (χ1) is 8.37. The Hall–Kier alpha value is -0.930. The summed E-state index contributed by atoms with van der Waals surface area (Å²) in [5.41, 5.74) is 6.81. The largest absolute Gasteiger partial charge is 0.329 e. The van der Waals surface area contributed by atoms with Crippen LogP contribution in [-0.2, 0) is 6.42 Å². The fourth-order valence-corrected chi connectivity index (χ4v) is 2.22. The molecule has 0 amide bonds. The minimum absolute atomic E-state index is 0.127. The van der Waals surface area contributed by atoms with Crippen LogP contribution in [0.25, 0.3) is 0 Å². The monoisotopic (exact) mass is 252 g/mol. The second-order valence-electron chi connectivity index (χ2n) is 5.78. The molecule has 0 aromatic heterocycles. The Bertz CT molecular complexity index is 379. The second kappa shape index (κ2) is 6.30. The molecule has 3 heteroatoms. The lowest BCUT2D eigenvalue weighted by atomic mass is 9.90. The van der Waals surface area contributed by atoms with Crippen molar-refractivity contribution in [1.29, 1.82) is 0 Å². The second-order valence-corrected chi connectivity index (χ2v) is 5.78. The SMILES string of the molecule is CC(C)CN(C)C(C)(CN)Cc1cccc(F)c1. The van der Waals surface area contributed by atoms with Gasteiger partial charge in [-0.15, -0.1) is 0 Å². The lowest BCUT2D eigenvalue weighted by Gasteiger charge is -2.39. The molecular formula is C15H25FN2. The topological polar surface area (TPSA) is 29.3 Å². The molecule has 102 valence electrons. The zero-order valence-corrected chi connectivity index (χ0v) is 11.9. The number of hydrogen-bond donors (Lipinski definition) is 1. The van der Waals surface area contributed by atoms with E-state index in [2.05, 4.69) is 32.7 Å². The number of likely N-dealkylation sites (N-methyl/N-ethyl adjacent to an activating group) is 1. The van der Waals surface area contributed by atoms with Gasteiger partial charge in [-0.1, -0.05) is 26.0 Å². The average Bonchev–Trinajstić information content (AvgIpc) is 2.27. The predicted octanol–water partition coefficient (Wildman–Crippen LogP) is 2.67. The fourth-order valence-electron chi connectivity index (χ4n) is 2.22. The average molecular weight is 252 g/mol. The van der Waals surface area contributed by atoms with Crippen LogP contribution in [0, 0.1) is 11.7 Å². The summed E-state index contributed by atoms with van der Waals surface area (Å²) in [6.07, 6.45) is 0.768. The molecule has 0 spiro atoms. The molecule has 0 heterocycles. The number of halogens is 1. The molecule has 1 aromatic rings. The third kappa shape index (κ3) is 4.07. The Morgan fingerprint density at radius 2 is 2.06 bits per heavy atom. The summed E-state index contributed by atoms with van der Waals surface area (Å²) in [5, 5.41) is 0. The molecule has 1 atom stereocenters. The van der Waals surface area contributed by atoms with Crippen LogP contribution in [0.5, 0.6) is 0 Å². The first-order valence-electron chi connectivity index (χ1n) is 6.53. The number of benzene rings is 1. The van der Waals surface area contributed by atoms with Crippen molar-refractivity contribution in [2.24, 2.45) is 11.7 Å². The van der Waals surface area contributed by atoms with Gasteiger partial charge in [0.15, 0.2) is 0 Å². The lowest BCUT2D eigenvalue weighted by molar-refractivity contribution is 0.128. The Balaban J connectivity index is 2.81. The zero-order chi connectivity index (χ0) is 13.8.